The van der Waals surface area contributed by atoms with Crippen molar-refractivity contribution < 1.29 is 92.7 Å². The predicted molar refractivity (Wildman–Crippen MR) is 250 cm³/mol. The Balaban J connectivity index is 6.60. The molecule has 73 heavy (non-hydrogen) atoms. The van der Waals surface area contributed by atoms with Gasteiger partial charge in [-0.3, -0.25) is 72.1 Å². The van der Waals surface area contributed by atoms with E-state index in [1.807, 2.05) is 10.6 Å². The summed E-state index contributed by atoms with van der Waals surface area (Å²) in [4.78, 5) is 180. The Morgan fingerprint density at radius 3 is 1.27 bits per heavy atom. The molecule has 10 atom stereocenters. The summed E-state index contributed by atoms with van der Waals surface area (Å²) in [5, 5.41) is 65.1. The Kier molecular flexibility index (Phi) is 29.3. The van der Waals surface area contributed by atoms with Gasteiger partial charge in [-0.1, -0.05) is 0 Å². The number of amides is 10. The van der Waals surface area contributed by atoms with E-state index in [-0.39, 0.29) is 25.3 Å². The van der Waals surface area contributed by atoms with Gasteiger partial charge >= 0.3 is 23.9 Å². The summed E-state index contributed by atoms with van der Waals surface area (Å²) in [6, 6.07) is -15.8. The average molecular weight is 1070 g/mol. The minimum Gasteiger partial charge on any atom is -0.481 e. The molecule has 0 aliphatic rings. The summed E-state index contributed by atoms with van der Waals surface area (Å²) in [5.41, 5.74) is 26.5. The van der Waals surface area contributed by atoms with E-state index in [1.165, 1.54) is 0 Å². The number of hydrogen-bond donors (Lipinski definition) is 19. The van der Waals surface area contributed by atoms with E-state index in [0.717, 1.165) is 13.8 Å². The first-order chi connectivity index (χ1) is 33.9. The normalized spacial score (nSPS) is 14.9. The zero-order chi connectivity index (χ0) is 56.3. The summed E-state index contributed by atoms with van der Waals surface area (Å²) in [6.45, 7) is 2.07. The zero-order valence-corrected chi connectivity index (χ0v) is 40.4. The van der Waals surface area contributed by atoms with E-state index in [0.29, 0.717) is 0 Å². The molecule has 0 spiro atoms. The number of rotatable bonds is 36. The van der Waals surface area contributed by atoms with Gasteiger partial charge in [0, 0.05) is 31.6 Å². The maximum absolute atomic E-state index is 13.7. The van der Waals surface area contributed by atoms with E-state index in [4.69, 9.17) is 28.7 Å². The first-order valence-electron chi connectivity index (χ1n) is 21.9. The van der Waals surface area contributed by atoms with Gasteiger partial charge < -0.3 is 96.7 Å². The predicted octanol–water partition coefficient (Wildman–Crippen LogP) is -8.99. The number of hydrogen-bond acceptors (Lipinski definition) is 18. The number of carbonyl (C=O) groups excluding carboxylic acids is 10. The van der Waals surface area contributed by atoms with Crippen molar-refractivity contribution in [2.75, 3.05) is 12.3 Å². The largest absolute Gasteiger partial charge is 0.481 e. The van der Waals surface area contributed by atoms with Crippen LogP contribution in [0.4, 0.5) is 0 Å². The number of nitrogens with one attached hydrogen (secondary N) is 8. The summed E-state index contributed by atoms with van der Waals surface area (Å²) in [5.74, 6) is -18.8. The fourth-order valence-electron chi connectivity index (χ4n) is 5.95. The summed E-state index contributed by atoms with van der Waals surface area (Å²) in [6.07, 6.45) is -7.94. The van der Waals surface area contributed by atoms with Crippen LogP contribution in [-0.2, 0) is 67.1 Å². The fraction of sp³-hybridized carbons (Fsp3) is 0.615. The highest BCUT2D eigenvalue weighted by molar-refractivity contribution is 7.80. The van der Waals surface area contributed by atoms with Crippen molar-refractivity contribution in [1.29, 1.82) is 0 Å². The molecule has 0 heterocycles. The molecule has 0 aliphatic heterocycles. The number of carbonyl (C=O) groups is 14. The van der Waals surface area contributed by atoms with Crippen LogP contribution in [0.2, 0.25) is 0 Å². The second-order valence-corrected chi connectivity index (χ2v) is 16.4. The molecule has 0 radical (unpaired) electrons. The lowest BCUT2D eigenvalue weighted by Crippen LogP contribution is -2.62. The van der Waals surface area contributed by atoms with Crippen molar-refractivity contribution in [2.24, 2.45) is 33.7 Å². The lowest BCUT2D eigenvalue weighted by Gasteiger charge is -2.28. The third-order valence-electron chi connectivity index (χ3n) is 9.83. The first-order valence-corrected chi connectivity index (χ1v) is 22.5. The number of carboxylic acid groups (broad SMARTS) is 4. The Morgan fingerprint density at radius 1 is 0.479 bits per heavy atom. The number of thiol groups is 1. The molecule has 0 saturated carbocycles. The van der Waals surface area contributed by atoms with Crippen LogP contribution in [0, 0.1) is 0 Å². The Hall–Kier alpha value is -7.88. The molecular formula is C39H64N14O19S. The number of carboxylic acids is 4. The number of aliphatic hydroxyl groups excluding tert-OH is 1. The van der Waals surface area contributed by atoms with Gasteiger partial charge in [0.25, 0.3) is 0 Å². The molecule has 34 heteroatoms. The number of aliphatic carboxylic acids is 4. The Morgan fingerprint density at radius 2 is 0.877 bits per heavy atom. The monoisotopic (exact) mass is 1060 g/mol. The number of aliphatic hydroxyl groups is 1. The van der Waals surface area contributed by atoms with Crippen LogP contribution in [0.15, 0.2) is 4.99 Å². The average Bonchev–Trinajstić information content (AvgIpc) is 3.27. The van der Waals surface area contributed by atoms with Gasteiger partial charge in [-0.2, -0.15) is 12.6 Å². The number of guanidine groups is 1. The topological polar surface area (TPSA) is 579 Å². The van der Waals surface area contributed by atoms with Crippen LogP contribution < -0.4 is 71.2 Å². The number of nitrogens with zero attached hydrogens (tertiary/aromatic N) is 1. The number of nitrogens with two attached hydrogens (primary N) is 5. The summed E-state index contributed by atoms with van der Waals surface area (Å²) >= 11 is 4.03. The third-order valence-corrected chi connectivity index (χ3v) is 10.2. The molecular weight excluding hydrogens is 1000 g/mol. The van der Waals surface area contributed by atoms with Gasteiger partial charge in [0.2, 0.25) is 59.1 Å². The van der Waals surface area contributed by atoms with E-state index < -0.39 is 201 Å². The minimum atomic E-state index is -2.03. The van der Waals surface area contributed by atoms with E-state index in [9.17, 15) is 92.7 Å². The standard InChI is InChI=1S/C39H64N14O19S/c1-15(38(71)72)46-31(64)18(4-3-11-45-39(43)44)47-32(65)19(5-8-24(41)55)48-33(66)20(6-9-26(57)58)50-36(69)23(14-73)52-37(70)29(16(2)54)53-34(67)21(7-10-27(59)60)49-35(68)22(13-28(61)62)51-30(63)17(40)12-25(42)56/h15-23,29,54,73H,3-14,40H2,1-2H3,(H2,41,55)(H2,42,56)(H,46,64)(H,47,65)(H,48,66)(H,49,68)(H,50,69)(H,51,63)(H,52,70)(H,53,67)(H,57,58)(H,59,60)(H,61,62)(H,71,72)(H4,43,44,45)/t15-,16+,17-,18-,19-,20-,21-,22-,23-,29-/m0/s1. The molecule has 10 amide bonds. The molecule has 0 unspecified atom stereocenters. The molecule has 0 aromatic heterocycles. The quantitative estimate of drug-likeness (QED) is 0.0120. The lowest BCUT2D eigenvalue weighted by molar-refractivity contribution is -0.142. The highest BCUT2D eigenvalue weighted by Crippen LogP contribution is 2.09. The van der Waals surface area contributed by atoms with Crippen LogP contribution >= 0.6 is 12.6 Å². The number of aliphatic imine (C=N–C) groups is 1. The molecule has 0 aromatic carbocycles. The third kappa shape index (κ3) is 26.8. The van der Waals surface area contributed by atoms with Crippen molar-refractivity contribution in [3.8, 4) is 0 Å². The summed E-state index contributed by atoms with van der Waals surface area (Å²) < 4.78 is 0. The van der Waals surface area contributed by atoms with Gasteiger partial charge in [-0.25, -0.2) is 0 Å². The van der Waals surface area contributed by atoms with Gasteiger partial charge in [0.15, 0.2) is 5.96 Å². The van der Waals surface area contributed by atoms with Crippen molar-refractivity contribution in [1.82, 2.24) is 42.5 Å². The Bertz CT molecular complexity index is 2070. The van der Waals surface area contributed by atoms with Crippen molar-refractivity contribution in [2.45, 2.75) is 139 Å². The van der Waals surface area contributed by atoms with E-state index in [2.05, 4.69) is 49.5 Å². The molecule has 0 aromatic rings. The van der Waals surface area contributed by atoms with Gasteiger partial charge in [-0.15, -0.1) is 0 Å². The summed E-state index contributed by atoms with van der Waals surface area (Å²) in [7, 11) is 0. The van der Waals surface area contributed by atoms with Gasteiger partial charge in [-0.05, 0) is 46.0 Å². The van der Waals surface area contributed by atoms with Crippen LogP contribution in [0.3, 0.4) is 0 Å². The van der Waals surface area contributed by atoms with E-state index in [1.54, 1.807) is 0 Å². The molecule has 410 valence electrons. The smallest absolute Gasteiger partial charge is 0.325 e. The maximum Gasteiger partial charge on any atom is 0.325 e. The van der Waals surface area contributed by atoms with Crippen LogP contribution in [0.25, 0.3) is 0 Å². The maximum atomic E-state index is 13.7. The molecule has 33 nitrogen and oxygen atoms in total. The second-order valence-electron chi connectivity index (χ2n) is 16.0. The minimum absolute atomic E-state index is 0.0408. The highest BCUT2D eigenvalue weighted by Gasteiger charge is 2.36. The molecule has 23 N–H and O–H groups in total. The first kappa shape index (κ1) is 65.1. The molecule has 0 fully saturated rings. The Labute approximate surface area is 420 Å². The lowest BCUT2D eigenvalue weighted by atomic mass is 10.0. The molecule has 0 rings (SSSR count). The molecule has 0 aliphatic carbocycles. The SMILES string of the molecule is C[C@H](NC(=O)[C@H](CCCN=C(N)N)NC(=O)[C@H](CCC(N)=O)NC(=O)[C@H](CCC(=O)O)NC(=O)[C@H](CS)NC(=O)[C@@H](NC(=O)[C@H](CCC(=O)O)NC(=O)[C@H](CC(=O)O)NC(=O)[C@@H](N)CC(N)=O)[C@@H](C)O)C(=O)O. The van der Waals surface area contributed by atoms with Gasteiger partial charge in [0.1, 0.15) is 48.3 Å². The van der Waals surface area contributed by atoms with Gasteiger partial charge in [0.05, 0.1) is 25.0 Å². The molecule has 0 saturated heterocycles. The van der Waals surface area contributed by atoms with E-state index >= 15 is 0 Å². The number of primary amides is 2. The van der Waals surface area contributed by atoms with Crippen LogP contribution in [-0.4, -0.2) is 187 Å². The molecule has 0 bridgehead atoms. The zero-order valence-electron chi connectivity index (χ0n) is 39.5. The van der Waals surface area contributed by atoms with Crippen molar-refractivity contribution in [3.05, 3.63) is 0 Å². The van der Waals surface area contributed by atoms with Crippen molar-refractivity contribution >= 4 is 102 Å². The highest BCUT2D eigenvalue weighted by atomic mass is 32.1. The van der Waals surface area contributed by atoms with Crippen LogP contribution in [0.1, 0.15) is 78.1 Å². The fourth-order valence-corrected chi connectivity index (χ4v) is 6.21. The van der Waals surface area contributed by atoms with Crippen LogP contribution in [0.5, 0.6) is 0 Å². The van der Waals surface area contributed by atoms with Crippen molar-refractivity contribution in [3.63, 3.8) is 0 Å². The second kappa shape index (κ2) is 32.9.